The van der Waals surface area contributed by atoms with Gasteiger partial charge in [-0.25, -0.2) is 0 Å². The summed E-state index contributed by atoms with van der Waals surface area (Å²) in [6.45, 7) is 24.8. The van der Waals surface area contributed by atoms with E-state index >= 15 is 0 Å². The van der Waals surface area contributed by atoms with Crippen molar-refractivity contribution >= 4 is 67.7 Å². The summed E-state index contributed by atoms with van der Waals surface area (Å²) in [5.41, 5.74) is 24.6. The first-order valence-corrected chi connectivity index (χ1v) is 24.8. The normalized spacial score (nSPS) is 25.0. The van der Waals surface area contributed by atoms with Gasteiger partial charge in [0.25, 0.3) is 6.71 Å². The molecule has 66 heavy (non-hydrogen) atoms. The lowest BCUT2D eigenvalue weighted by Gasteiger charge is -2.54. The van der Waals surface area contributed by atoms with Gasteiger partial charge in [0.2, 0.25) is 0 Å². The molecule has 0 radical (unpaired) electrons. The van der Waals surface area contributed by atoms with Gasteiger partial charge in [-0.3, -0.25) is 0 Å². The minimum absolute atomic E-state index is 0.0186. The van der Waals surface area contributed by atoms with Gasteiger partial charge in [-0.2, -0.15) is 0 Å². The topological polar surface area (TPSA) is 11.4 Å². The highest BCUT2D eigenvalue weighted by molar-refractivity contribution is 7.00. The van der Waals surface area contributed by atoms with E-state index in [-0.39, 0.29) is 39.5 Å². The van der Waals surface area contributed by atoms with E-state index < -0.39 is 0 Å². The Bertz CT molecular complexity index is 3500. The maximum atomic E-state index is 2.91. The van der Waals surface area contributed by atoms with Gasteiger partial charge in [0.15, 0.2) is 0 Å². The molecule has 0 amide bonds. The van der Waals surface area contributed by atoms with Gasteiger partial charge >= 0.3 is 0 Å². The van der Waals surface area contributed by atoms with E-state index in [2.05, 4.69) is 217 Å². The quantitative estimate of drug-likeness (QED) is 0.152. The second-order valence-electron chi connectivity index (χ2n) is 23.9. The first-order valence-electron chi connectivity index (χ1n) is 24.8. The maximum Gasteiger partial charge on any atom is 0.252 e. The molecular weight excluding hydrogens is 798 g/mol. The summed E-state index contributed by atoms with van der Waals surface area (Å²) in [7, 11) is 0. The lowest BCUT2D eigenvalue weighted by atomic mass is 9.33. The van der Waals surface area contributed by atoms with Crippen LogP contribution in [0.25, 0.3) is 27.5 Å². The van der Waals surface area contributed by atoms with Crippen molar-refractivity contribution in [1.82, 2.24) is 4.57 Å². The summed E-state index contributed by atoms with van der Waals surface area (Å²) < 4.78 is 2.68. The number of rotatable bonds is 1. The van der Waals surface area contributed by atoms with E-state index in [0.717, 1.165) is 25.7 Å². The monoisotopic (exact) mass is 857 g/mol. The number of para-hydroxylation sites is 2. The van der Waals surface area contributed by atoms with Crippen LogP contribution in [-0.2, 0) is 45.6 Å². The molecule has 14 rings (SSSR count). The zero-order valence-corrected chi connectivity index (χ0v) is 40.4. The van der Waals surface area contributed by atoms with Crippen molar-refractivity contribution in [3.05, 3.63) is 178 Å². The number of aryl methyl sites for hydroxylation is 2. The van der Waals surface area contributed by atoms with E-state index in [0.29, 0.717) is 0 Å². The predicted octanol–water partition coefficient (Wildman–Crippen LogP) is 13.1. The Hall–Kier alpha value is -6.00. The van der Waals surface area contributed by atoms with Crippen LogP contribution in [0.15, 0.2) is 133 Å². The third-order valence-corrected chi connectivity index (χ3v) is 18.9. The summed E-state index contributed by atoms with van der Waals surface area (Å²) in [6.07, 6.45) is 4.36. The highest BCUT2D eigenvalue weighted by Crippen LogP contribution is 2.67. The van der Waals surface area contributed by atoms with Gasteiger partial charge in [0, 0.05) is 55.6 Å². The largest absolute Gasteiger partial charge is 0.331 e. The molecule has 0 fully saturated rings. The summed E-state index contributed by atoms with van der Waals surface area (Å²) in [5, 5.41) is 2.67. The highest BCUT2D eigenvalue weighted by atomic mass is 15.3. The number of hydrogen-bond acceptors (Lipinski definition) is 2. The van der Waals surface area contributed by atoms with Crippen LogP contribution >= 0.6 is 0 Å². The SMILES string of the molecule is CC(C)(C)c1ccc2c(c1)C1(C)CCc3ccccc3C1(C)N2c1cc2c3c(c1)-n1c4ccccc4c4cccc(c41)B3c1cc(C(C)(C)C)cc3c1N2C1(C)c2ccccc2CCC31C. The van der Waals surface area contributed by atoms with Gasteiger partial charge in [-0.05, 0) is 136 Å². The average molecular weight is 858 g/mol. The van der Waals surface area contributed by atoms with E-state index in [1.807, 2.05) is 0 Å². The minimum atomic E-state index is -0.345. The van der Waals surface area contributed by atoms with Crippen LogP contribution < -0.4 is 26.2 Å². The standard InChI is InChI=1S/C62H60BN3/c1-57(2,3)39-26-27-51-46(32-39)59(7)30-28-37-18-11-14-22-44(37)61(59,9)65(51)41-35-52-54-53(36-41)66-56-47(60(8)31-29-38-19-12-15-23-45(38)62(60,66)10)33-40(58(4,5)6)34-49(56)63(54)48-24-17-21-43-42-20-13-16-25-50(42)64(52)55(43)48/h11-27,32-36H,28-31H2,1-10H3. The molecule has 2 aliphatic carbocycles. The Labute approximate surface area is 391 Å². The van der Waals surface area contributed by atoms with Crippen molar-refractivity contribution in [2.75, 3.05) is 9.80 Å². The number of fused-ring (bicyclic) bond motifs is 17. The molecule has 4 heteroatoms. The molecule has 4 unspecified atom stereocenters. The first-order chi connectivity index (χ1) is 31.5. The number of nitrogens with zero attached hydrogens (tertiary/aromatic N) is 3. The van der Waals surface area contributed by atoms with Crippen molar-refractivity contribution in [3.63, 3.8) is 0 Å². The van der Waals surface area contributed by atoms with Crippen molar-refractivity contribution in [2.24, 2.45) is 0 Å². The third kappa shape index (κ3) is 4.36. The van der Waals surface area contributed by atoms with E-state index in [1.165, 1.54) is 111 Å². The summed E-state index contributed by atoms with van der Waals surface area (Å²) in [6, 6.07) is 53.3. The van der Waals surface area contributed by atoms with Crippen LogP contribution in [0.2, 0.25) is 0 Å². The third-order valence-electron chi connectivity index (χ3n) is 18.9. The fourth-order valence-electron chi connectivity index (χ4n) is 15.1. The van der Waals surface area contributed by atoms with Gasteiger partial charge in [0.05, 0.1) is 16.6 Å². The zero-order valence-electron chi connectivity index (χ0n) is 40.4. The smallest absolute Gasteiger partial charge is 0.252 e. The van der Waals surface area contributed by atoms with E-state index in [9.17, 15) is 0 Å². The molecule has 7 aromatic carbocycles. The van der Waals surface area contributed by atoms with Crippen LogP contribution in [0.4, 0.5) is 22.7 Å². The number of benzene rings is 7. The molecule has 0 saturated carbocycles. The fourth-order valence-corrected chi connectivity index (χ4v) is 15.1. The van der Waals surface area contributed by atoms with Crippen LogP contribution in [-0.4, -0.2) is 11.3 Å². The predicted molar refractivity (Wildman–Crippen MR) is 279 cm³/mol. The van der Waals surface area contributed by atoms with Crippen molar-refractivity contribution < 1.29 is 0 Å². The molecule has 4 atom stereocenters. The van der Waals surface area contributed by atoms with E-state index in [1.54, 1.807) is 0 Å². The van der Waals surface area contributed by atoms with Crippen molar-refractivity contribution in [2.45, 2.75) is 128 Å². The van der Waals surface area contributed by atoms with Crippen molar-refractivity contribution in [3.8, 4) is 5.69 Å². The second kappa shape index (κ2) is 12.1. The maximum absolute atomic E-state index is 2.91. The number of aromatic nitrogens is 1. The Morgan fingerprint density at radius 3 is 1.77 bits per heavy atom. The lowest BCUT2D eigenvalue weighted by molar-refractivity contribution is 0.244. The number of anilines is 4. The molecule has 1 aromatic heterocycles. The highest BCUT2D eigenvalue weighted by Gasteiger charge is 2.64. The average Bonchev–Trinajstić information content (AvgIpc) is 3.83. The summed E-state index contributed by atoms with van der Waals surface area (Å²) in [4.78, 5) is 5.74. The van der Waals surface area contributed by atoms with Crippen LogP contribution in [0.5, 0.6) is 0 Å². The van der Waals surface area contributed by atoms with Crippen LogP contribution in [0, 0.1) is 0 Å². The van der Waals surface area contributed by atoms with Gasteiger partial charge in [-0.15, -0.1) is 0 Å². The fraction of sp³-hybridized carbons (Fsp3) is 0.323. The minimum Gasteiger partial charge on any atom is -0.331 e. The lowest BCUT2D eigenvalue weighted by Crippen LogP contribution is -2.63. The van der Waals surface area contributed by atoms with Gasteiger partial charge in [-0.1, -0.05) is 165 Å². The molecule has 6 aliphatic rings. The van der Waals surface area contributed by atoms with Crippen molar-refractivity contribution in [1.29, 1.82) is 0 Å². The van der Waals surface area contributed by atoms with Crippen LogP contribution in [0.3, 0.4) is 0 Å². The van der Waals surface area contributed by atoms with Gasteiger partial charge < -0.3 is 14.4 Å². The molecule has 326 valence electrons. The van der Waals surface area contributed by atoms with Crippen LogP contribution in [0.1, 0.15) is 127 Å². The summed E-state index contributed by atoms with van der Waals surface area (Å²) >= 11 is 0. The van der Waals surface area contributed by atoms with E-state index in [4.69, 9.17) is 0 Å². The Morgan fingerprint density at radius 2 is 1.08 bits per heavy atom. The summed E-state index contributed by atoms with van der Waals surface area (Å²) in [5.74, 6) is 0. The molecule has 0 saturated heterocycles. The Morgan fingerprint density at radius 1 is 0.485 bits per heavy atom. The molecule has 0 bridgehead atoms. The molecular formula is C62H60BN3. The molecule has 5 heterocycles. The molecule has 0 spiro atoms. The number of hydrogen-bond donors (Lipinski definition) is 0. The first kappa shape index (κ1) is 39.2. The molecule has 3 nitrogen and oxygen atoms in total. The molecule has 0 N–H and O–H groups in total. The Kier molecular flexibility index (Phi) is 7.20. The molecule has 4 aliphatic heterocycles. The second-order valence-corrected chi connectivity index (χ2v) is 23.9. The van der Waals surface area contributed by atoms with Gasteiger partial charge in [0.1, 0.15) is 0 Å². The molecule has 8 aromatic rings. The zero-order chi connectivity index (χ0) is 45.2. The Balaban J connectivity index is 1.16.